The first kappa shape index (κ1) is 18.2. The first-order valence-electron chi connectivity index (χ1n) is 7.67. The van der Waals surface area contributed by atoms with Crippen molar-refractivity contribution in [2.45, 2.75) is 10.9 Å². The van der Waals surface area contributed by atoms with Gasteiger partial charge in [-0.2, -0.15) is 0 Å². The van der Waals surface area contributed by atoms with Crippen molar-refractivity contribution in [3.05, 3.63) is 60.2 Å². The van der Waals surface area contributed by atoms with Crippen LogP contribution in [0, 0.1) is 0 Å². The van der Waals surface area contributed by atoms with Crippen molar-refractivity contribution in [3.63, 3.8) is 0 Å². The van der Waals surface area contributed by atoms with Gasteiger partial charge >= 0.3 is 6.03 Å². The predicted molar refractivity (Wildman–Crippen MR) is 98.7 cm³/mol. The van der Waals surface area contributed by atoms with Crippen molar-refractivity contribution in [1.82, 2.24) is 10.2 Å². The van der Waals surface area contributed by atoms with Gasteiger partial charge in [-0.15, -0.1) is 0 Å². The van der Waals surface area contributed by atoms with Gasteiger partial charge in [0.1, 0.15) is 0 Å². The molecule has 0 aliphatic carbocycles. The third kappa shape index (κ3) is 5.18. The van der Waals surface area contributed by atoms with E-state index in [1.54, 1.807) is 30.5 Å². The molecular weight excluding hydrogens is 322 g/mol. The van der Waals surface area contributed by atoms with Gasteiger partial charge in [-0.1, -0.05) is 36.4 Å². The second-order valence-electron chi connectivity index (χ2n) is 5.71. The highest BCUT2D eigenvalue weighted by atomic mass is 32.2. The van der Waals surface area contributed by atoms with Crippen LogP contribution in [0.1, 0.15) is 11.6 Å². The summed E-state index contributed by atoms with van der Waals surface area (Å²) in [6.07, 6.45) is 1.61. The Hall–Kier alpha value is -2.18. The van der Waals surface area contributed by atoms with E-state index in [1.807, 2.05) is 44.4 Å². The topological polar surface area (TPSA) is 61.4 Å². The minimum Gasteiger partial charge on any atom is -0.336 e. The number of rotatable bonds is 6. The monoisotopic (exact) mass is 345 g/mol. The summed E-state index contributed by atoms with van der Waals surface area (Å²) < 4.78 is 11.5. The minimum absolute atomic E-state index is 0.0893. The third-order valence-corrected chi connectivity index (χ3v) is 4.61. The molecule has 0 aliphatic rings. The fourth-order valence-electron chi connectivity index (χ4n) is 2.39. The molecule has 2 atom stereocenters. The Kier molecular flexibility index (Phi) is 6.52. The number of amides is 2. The van der Waals surface area contributed by atoms with E-state index in [1.165, 1.54) is 0 Å². The Bertz CT molecular complexity index is 704. The normalized spacial score (nSPS) is 13.3. The minimum atomic E-state index is -1.07. The van der Waals surface area contributed by atoms with E-state index in [9.17, 15) is 9.00 Å². The molecule has 2 aromatic rings. The Morgan fingerprint density at radius 2 is 1.83 bits per heavy atom. The van der Waals surface area contributed by atoms with Crippen LogP contribution in [-0.2, 0) is 10.8 Å². The van der Waals surface area contributed by atoms with E-state index in [0.29, 0.717) is 17.1 Å². The van der Waals surface area contributed by atoms with Gasteiger partial charge in [0.2, 0.25) is 0 Å². The molecule has 5 nitrogen and oxygen atoms in total. The fourth-order valence-corrected chi connectivity index (χ4v) is 2.95. The molecule has 24 heavy (non-hydrogen) atoms. The molecule has 2 amide bonds. The number of urea groups is 1. The summed E-state index contributed by atoms with van der Waals surface area (Å²) in [5, 5.41) is 5.67. The zero-order valence-corrected chi connectivity index (χ0v) is 15.0. The van der Waals surface area contributed by atoms with E-state index in [2.05, 4.69) is 15.5 Å². The molecule has 128 valence electrons. The van der Waals surface area contributed by atoms with Crippen LogP contribution >= 0.6 is 0 Å². The van der Waals surface area contributed by atoms with Crippen LogP contribution in [0.2, 0.25) is 0 Å². The standard InChI is InChI=1S/C18H23N3O2S/c1-21(2)17(14-8-5-4-6-9-14)13-19-18(22)20-15-10-7-11-16(12-15)24(3)23/h4-12,17H,13H2,1-3H3,(H2,19,20,22). The van der Waals surface area contributed by atoms with E-state index in [0.717, 1.165) is 5.56 Å². The van der Waals surface area contributed by atoms with Crippen molar-refractivity contribution in [3.8, 4) is 0 Å². The number of anilines is 1. The average Bonchev–Trinajstić information content (AvgIpc) is 2.56. The van der Waals surface area contributed by atoms with Crippen molar-refractivity contribution in [2.24, 2.45) is 0 Å². The molecule has 2 unspecified atom stereocenters. The number of benzene rings is 2. The second-order valence-corrected chi connectivity index (χ2v) is 7.09. The smallest absolute Gasteiger partial charge is 0.319 e. The van der Waals surface area contributed by atoms with Crippen LogP contribution in [0.3, 0.4) is 0 Å². The van der Waals surface area contributed by atoms with Gasteiger partial charge in [0, 0.05) is 34.2 Å². The molecule has 2 aromatic carbocycles. The maximum atomic E-state index is 12.1. The fraction of sp³-hybridized carbons (Fsp3) is 0.278. The molecular formula is C18H23N3O2S. The highest BCUT2D eigenvalue weighted by Crippen LogP contribution is 2.17. The lowest BCUT2D eigenvalue weighted by Crippen LogP contribution is -2.36. The summed E-state index contributed by atoms with van der Waals surface area (Å²) in [5.74, 6) is 0. The summed E-state index contributed by atoms with van der Waals surface area (Å²) in [6, 6.07) is 16.9. The lowest BCUT2D eigenvalue weighted by molar-refractivity contribution is 0.243. The van der Waals surface area contributed by atoms with E-state index < -0.39 is 10.8 Å². The Balaban J connectivity index is 1.96. The largest absolute Gasteiger partial charge is 0.336 e. The first-order chi connectivity index (χ1) is 11.5. The van der Waals surface area contributed by atoms with Crippen molar-refractivity contribution >= 4 is 22.5 Å². The maximum absolute atomic E-state index is 12.1. The lowest BCUT2D eigenvalue weighted by atomic mass is 10.1. The van der Waals surface area contributed by atoms with Crippen LogP contribution in [-0.4, -0.2) is 42.0 Å². The average molecular weight is 345 g/mol. The predicted octanol–water partition coefficient (Wildman–Crippen LogP) is 2.85. The van der Waals surface area contributed by atoms with Gasteiger partial charge in [-0.25, -0.2) is 4.79 Å². The third-order valence-electron chi connectivity index (χ3n) is 3.69. The number of hydrogen-bond donors (Lipinski definition) is 2. The molecule has 0 aromatic heterocycles. The summed E-state index contributed by atoms with van der Waals surface area (Å²) in [5.41, 5.74) is 1.77. The van der Waals surface area contributed by atoms with Crippen molar-refractivity contribution in [1.29, 1.82) is 0 Å². The van der Waals surface area contributed by atoms with E-state index >= 15 is 0 Å². The molecule has 0 heterocycles. The zero-order valence-electron chi connectivity index (χ0n) is 14.2. The molecule has 2 rings (SSSR count). The summed E-state index contributed by atoms with van der Waals surface area (Å²) >= 11 is 0. The highest BCUT2D eigenvalue weighted by molar-refractivity contribution is 7.84. The van der Waals surface area contributed by atoms with Gasteiger partial charge in [0.25, 0.3) is 0 Å². The molecule has 6 heteroatoms. The number of nitrogens with zero attached hydrogens (tertiary/aromatic N) is 1. The second kappa shape index (κ2) is 8.61. The number of likely N-dealkylation sites (N-methyl/N-ethyl adjacent to an activating group) is 1. The Morgan fingerprint density at radius 1 is 1.12 bits per heavy atom. The van der Waals surface area contributed by atoms with Crippen LogP contribution in [0.15, 0.2) is 59.5 Å². The van der Waals surface area contributed by atoms with Crippen molar-refractivity contribution < 1.29 is 9.00 Å². The molecule has 0 bridgehead atoms. The number of carbonyl (C=O) groups excluding carboxylic acids is 1. The van der Waals surface area contributed by atoms with Crippen LogP contribution in [0.5, 0.6) is 0 Å². The number of hydrogen-bond acceptors (Lipinski definition) is 3. The van der Waals surface area contributed by atoms with Gasteiger partial charge in [-0.3, -0.25) is 4.21 Å². The molecule has 0 radical (unpaired) electrons. The summed E-state index contributed by atoms with van der Waals surface area (Å²) in [7, 11) is 2.89. The van der Waals surface area contributed by atoms with Crippen LogP contribution in [0.4, 0.5) is 10.5 Å². The highest BCUT2D eigenvalue weighted by Gasteiger charge is 2.15. The molecule has 0 saturated heterocycles. The van der Waals surface area contributed by atoms with Crippen molar-refractivity contribution in [2.75, 3.05) is 32.2 Å². The van der Waals surface area contributed by atoms with Gasteiger partial charge in [0.15, 0.2) is 0 Å². The zero-order chi connectivity index (χ0) is 17.5. The Labute approximate surface area is 145 Å². The number of nitrogens with one attached hydrogen (secondary N) is 2. The maximum Gasteiger partial charge on any atom is 0.319 e. The number of carbonyl (C=O) groups is 1. The van der Waals surface area contributed by atoms with E-state index in [-0.39, 0.29) is 12.1 Å². The Morgan fingerprint density at radius 3 is 2.46 bits per heavy atom. The quantitative estimate of drug-likeness (QED) is 0.846. The lowest BCUT2D eigenvalue weighted by Gasteiger charge is -2.25. The summed E-state index contributed by atoms with van der Waals surface area (Å²) in [6.45, 7) is 0.488. The van der Waals surface area contributed by atoms with Crippen LogP contribution < -0.4 is 10.6 Å². The van der Waals surface area contributed by atoms with Gasteiger partial charge in [-0.05, 0) is 37.9 Å². The van der Waals surface area contributed by atoms with Crippen LogP contribution in [0.25, 0.3) is 0 Å². The first-order valence-corrected chi connectivity index (χ1v) is 9.23. The van der Waals surface area contributed by atoms with E-state index in [4.69, 9.17) is 0 Å². The van der Waals surface area contributed by atoms with Gasteiger partial charge < -0.3 is 15.5 Å². The molecule has 0 spiro atoms. The molecule has 0 fully saturated rings. The molecule has 0 saturated carbocycles. The summed E-state index contributed by atoms with van der Waals surface area (Å²) in [4.78, 5) is 14.9. The molecule has 2 N–H and O–H groups in total. The molecule has 0 aliphatic heterocycles. The SMILES string of the molecule is CN(C)C(CNC(=O)Nc1cccc(S(C)=O)c1)c1ccccc1. The van der Waals surface area contributed by atoms with Gasteiger partial charge in [0.05, 0.1) is 6.04 Å².